The summed E-state index contributed by atoms with van der Waals surface area (Å²) in [6.45, 7) is 5.57. The zero-order chi connectivity index (χ0) is 30.8. The average molecular weight is 604 g/mol. The first-order chi connectivity index (χ1) is 19.9. The molecule has 14 heteroatoms. The molecule has 0 bridgehead atoms. The van der Waals surface area contributed by atoms with E-state index in [4.69, 9.17) is 0 Å². The highest BCUT2D eigenvalue weighted by Crippen LogP contribution is 2.39. The van der Waals surface area contributed by atoms with Crippen molar-refractivity contribution in [1.82, 2.24) is 19.9 Å². The van der Waals surface area contributed by atoms with Crippen LogP contribution in [0.5, 0.6) is 0 Å². The number of carbonyl (C=O) groups is 2. The molecule has 0 aliphatic heterocycles. The average Bonchev–Trinajstić information content (AvgIpc) is 3.45. The zero-order valence-corrected chi connectivity index (χ0v) is 23.6. The molecular formula is C28H28F3N5O5S. The minimum atomic E-state index is -4.68. The largest absolute Gasteiger partial charge is 0.477 e. The molecule has 10 nitrogen and oxygen atoms in total. The number of nitrogens with zero attached hydrogens (tertiary/aromatic N) is 3. The Bertz CT molecular complexity index is 1700. The summed E-state index contributed by atoms with van der Waals surface area (Å²) in [6, 6.07) is 4.96. The van der Waals surface area contributed by atoms with Gasteiger partial charge in [0.2, 0.25) is 5.43 Å². The number of halogens is 3. The van der Waals surface area contributed by atoms with Gasteiger partial charge in [-0.05, 0) is 36.6 Å². The Balaban J connectivity index is 1.96. The molecule has 0 saturated carbocycles. The van der Waals surface area contributed by atoms with Gasteiger partial charge in [-0.3, -0.25) is 10.1 Å². The number of pyridine rings is 2. The number of alkyl halides is 3. The van der Waals surface area contributed by atoms with Crippen LogP contribution in [0.2, 0.25) is 0 Å². The van der Waals surface area contributed by atoms with Crippen LogP contribution in [0.25, 0.3) is 32.6 Å². The predicted molar refractivity (Wildman–Crippen MR) is 153 cm³/mol. The Labute approximate surface area is 241 Å². The van der Waals surface area contributed by atoms with E-state index in [1.165, 1.54) is 24.5 Å². The lowest BCUT2D eigenvalue weighted by molar-refractivity contribution is -0.140. The van der Waals surface area contributed by atoms with Gasteiger partial charge >= 0.3 is 18.2 Å². The number of rotatable bonds is 9. The summed E-state index contributed by atoms with van der Waals surface area (Å²) in [4.78, 5) is 45.4. The van der Waals surface area contributed by atoms with Gasteiger partial charge in [-0.15, -0.1) is 11.3 Å². The minimum Gasteiger partial charge on any atom is -0.477 e. The summed E-state index contributed by atoms with van der Waals surface area (Å²) < 4.78 is 41.7. The number of hydrogen-bond acceptors (Lipinski definition) is 7. The van der Waals surface area contributed by atoms with Crippen molar-refractivity contribution in [3.05, 3.63) is 63.5 Å². The van der Waals surface area contributed by atoms with E-state index in [1.807, 2.05) is 13.8 Å². The van der Waals surface area contributed by atoms with Gasteiger partial charge in [0.15, 0.2) is 5.69 Å². The van der Waals surface area contributed by atoms with Crippen molar-refractivity contribution in [2.24, 2.45) is 5.92 Å². The van der Waals surface area contributed by atoms with E-state index in [2.05, 4.69) is 20.6 Å². The van der Waals surface area contributed by atoms with Crippen LogP contribution < -0.4 is 16.1 Å². The van der Waals surface area contributed by atoms with Gasteiger partial charge in [0.25, 0.3) is 0 Å². The van der Waals surface area contributed by atoms with Gasteiger partial charge in [-0.1, -0.05) is 26.3 Å². The van der Waals surface area contributed by atoms with Gasteiger partial charge in [0, 0.05) is 40.8 Å². The summed E-state index contributed by atoms with van der Waals surface area (Å²) in [6.07, 6.45) is -1.44. The van der Waals surface area contributed by atoms with Crippen molar-refractivity contribution in [2.45, 2.75) is 39.4 Å². The van der Waals surface area contributed by atoms with E-state index < -0.39 is 40.9 Å². The monoisotopic (exact) mass is 603 g/mol. The first kappa shape index (κ1) is 30.7. The van der Waals surface area contributed by atoms with Crippen molar-refractivity contribution >= 4 is 40.1 Å². The number of aliphatic hydroxyl groups is 1. The number of hydrogen-bond donors (Lipinski definition) is 4. The van der Waals surface area contributed by atoms with E-state index in [-0.39, 0.29) is 34.3 Å². The third-order valence-corrected chi connectivity index (χ3v) is 7.80. The molecule has 3 heterocycles. The maximum Gasteiger partial charge on any atom is 0.434 e. The first-order valence-electron chi connectivity index (χ1n) is 13.0. The molecular weight excluding hydrogens is 575 g/mol. The highest BCUT2D eigenvalue weighted by Gasteiger charge is 2.34. The maximum atomic E-state index is 13.4. The minimum absolute atomic E-state index is 0.00687. The number of thiazole rings is 1. The molecule has 0 fully saturated rings. The molecule has 2 amide bonds. The second kappa shape index (κ2) is 12.3. The van der Waals surface area contributed by atoms with Gasteiger partial charge in [0.1, 0.15) is 16.4 Å². The van der Waals surface area contributed by atoms with Crippen LogP contribution in [0.15, 0.2) is 46.8 Å². The maximum absolute atomic E-state index is 13.4. The number of urea groups is 1. The summed E-state index contributed by atoms with van der Waals surface area (Å²) in [5.41, 5.74) is -1.09. The third kappa shape index (κ3) is 6.14. The van der Waals surface area contributed by atoms with E-state index in [0.717, 1.165) is 16.7 Å². The lowest BCUT2D eigenvalue weighted by Gasteiger charge is -2.26. The number of carbonyl (C=O) groups excluding carboxylic acids is 1. The van der Waals surface area contributed by atoms with Crippen molar-refractivity contribution in [3.8, 4) is 21.7 Å². The van der Waals surface area contributed by atoms with Crippen LogP contribution in [-0.4, -0.2) is 49.9 Å². The molecule has 4 N–H and O–H groups in total. The lowest BCUT2D eigenvalue weighted by Crippen LogP contribution is -2.28. The van der Waals surface area contributed by atoms with Crippen LogP contribution >= 0.6 is 11.3 Å². The molecule has 0 aliphatic carbocycles. The highest BCUT2D eigenvalue weighted by atomic mass is 32.1. The molecule has 2 atom stereocenters. The summed E-state index contributed by atoms with van der Waals surface area (Å²) in [5.74, 6) is -1.44. The number of amides is 2. The quantitative estimate of drug-likeness (QED) is 0.194. The molecule has 0 spiro atoms. The lowest BCUT2D eigenvalue weighted by atomic mass is 9.96. The SMILES string of the molecule is CCNC(=O)Nc1cc(-c2nc(C(F)(F)F)cs2)c(-c2ccc3c(c2)c(=O)c(C(=O)O)cn3[C@H](CO)[C@@H](C)CC)cn1. The van der Waals surface area contributed by atoms with Gasteiger partial charge in [0.05, 0.1) is 18.2 Å². The second-order valence-corrected chi connectivity index (χ2v) is 10.4. The molecule has 222 valence electrons. The fraction of sp³-hybridized carbons (Fsp3) is 0.321. The molecule has 4 aromatic rings. The zero-order valence-electron chi connectivity index (χ0n) is 22.8. The molecule has 3 aromatic heterocycles. The molecule has 0 radical (unpaired) electrons. The van der Waals surface area contributed by atoms with Crippen LogP contribution in [0.1, 0.15) is 49.3 Å². The predicted octanol–water partition coefficient (Wildman–Crippen LogP) is 5.62. The number of fused-ring (bicyclic) bond motifs is 1. The van der Waals surface area contributed by atoms with Crippen molar-refractivity contribution < 1.29 is 33.0 Å². The Morgan fingerprint density at radius 1 is 1.17 bits per heavy atom. The molecule has 0 aliphatic rings. The smallest absolute Gasteiger partial charge is 0.434 e. The fourth-order valence-electron chi connectivity index (χ4n) is 4.54. The first-order valence-corrected chi connectivity index (χ1v) is 13.9. The third-order valence-electron chi connectivity index (χ3n) is 6.93. The number of aliphatic hydroxyl groups excluding tert-OH is 1. The summed E-state index contributed by atoms with van der Waals surface area (Å²) >= 11 is 0.746. The van der Waals surface area contributed by atoms with E-state index in [9.17, 15) is 37.8 Å². The number of benzene rings is 1. The van der Waals surface area contributed by atoms with Gasteiger partial charge in [-0.2, -0.15) is 13.2 Å². The van der Waals surface area contributed by atoms with Crippen LogP contribution in [0.4, 0.5) is 23.8 Å². The Hall–Kier alpha value is -4.30. The van der Waals surface area contributed by atoms with Crippen LogP contribution in [-0.2, 0) is 6.18 Å². The van der Waals surface area contributed by atoms with Crippen molar-refractivity contribution in [3.63, 3.8) is 0 Å². The number of carboxylic acid groups (broad SMARTS) is 1. The van der Waals surface area contributed by atoms with E-state index in [0.29, 0.717) is 29.6 Å². The number of aromatic carboxylic acids is 1. The standard InChI is InChI=1S/C28H28F3N5O5S/c1-4-14(3)21(12-37)36-11-19(26(39)40)24(38)17-8-15(6-7-20(17)36)18-10-33-23(35-27(41)32-5-2)9-16(18)25-34-22(13-42-25)28(29,30)31/h6-11,13-14,21,37H,4-5,12H2,1-3H3,(H,39,40)(H2,32,33,35,41)/t14-,21+/m0/s1. The summed E-state index contributed by atoms with van der Waals surface area (Å²) in [7, 11) is 0. The summed E-state index contributed by atoms with van der Waals surface area (Å²) in [5, 5.41) is 25.9. The van der Waals surface area contributed by atoms with Crippen molar-refractivity contribution in [2.75, 3.05) is 18.5 Å². The highest BCUT2D eigenvalue weighted by molar-refractivity contribution is 7.13. The number of nitrogens with one attached hydrogen (secondary N) is 2. The number of aromatic nitrogens is 3. The number of carboxylic acids is 1. The molecule has 0 unspecified atom stereocenters. The topological polar surface area (TPSA) is 146 Å². The Morgan fingerprint density at radius 3 is 2.50 bits per heavy atom. The van der Waals surface area contributed by atoms with Crippen molar-refractivity contribution in [1.29, 1.82) is 0 Å². The fourth-order valence-corrected chi connectivity index (χ4v) is 5.40. The molecule has 42 heavy (non-hydrogen) atoms. The second-order valence-electron chi connectivity index (χ2n) is 9.59. The van der Waals surface area contributed by atoms with E-state index >= 15 is 0 Å². The Morgan fingerprint density at radius 2 is 1.90 bits per heavy atom. The van der Waals surface area contributed by atoms with Crippen LogP contribution in [0, 0.1) is 5.92 Å². The number of anilines is 1. The van der Waals surface area contributed by atoms with Gasteiger partial charge in [-0.25, -0.2) is 19.6 Å². The van der Waals surface area contributed by atoms with Gasteiger partial charge < -0.3 is 20.1 Å². The molecule has 0 saturated heterocycles. The van der Waals surface area contributed by atoms with Crippen LogP contribution in [0.3, 0.4) is 0 Å². The molecule has 4 rings (SSSR count). The van der Waals surface area contributed by atoms with E-state index in [1.54, 1.807) is 23.6 Å². The molecule has 1 aromatic carbocycles. The normalized spacial score (nSPS) is 13.1. The Kier molecular flexibility index (Phi) is 8.97.